The molecule has 3 aromatic heterocycles. The minimum atomic E-state index is -0.604. The molecule has 3 heterocycles. The van der Waals surface area contributed by atoms with Crippen LogP contribution in [-0.2, 0) is 11.3 Å². The molecule has 2 N–H and O–H groups in total. The number of nitro benzene ring substituents is 1. The first-order valence-corrected chi connectivity index (χ1v) is 10.8. The number of benzene rings is 1. The maximum atomic E-state index is 12.3. The van der Waals surface area contributed by atoms with Gasteiger partial charge in [-0.15, -0.1) is 10.2 Å². The van der Waals surface area contributed by atoms with Gasteiger partial charge in [0.2, 0.25) is 5.91 Å². The Hall–Kier alpha value is -4.52. The zero-order chi connectivity index (χ0) is 23.9. The number of amides is 2. The lowest BCUT2D eigenvalue weighted by Crippen LogP contribution is -2.42. The summed E-state index contributed by atoms with van der Waals surface area (Å²) >= 11 is 1.13. The van der Waals surface area contributed by atoms with Crippen LogP contribution in [0.25, 0.3) is 11.4 Å². The van der Waals surface area contributed by atoms with Crippen LogP contribution in [0.5, 0.6) is 0 Å². The van der Waals surface area contributed by atoms with Gasteiger partial charge in [-0.25, -0.2) is 0 Å². The lowest BCUT2D eigenvalue weighted by atomic mass is 10.2. The second-order valence-corrected chi connectivity index (χ2v) is 7.75. The average molecular weight is 479 g/mol. The fourth-order valence-corrected chi connectivity index (χ4v) is 3.64. The maximum absolute atomic E-state index is 12.3. The zero-order valence-electron chi connectivity index (χ0n) is 17.5. The number of nitrogens with zero attached hydrogens (tertiary/aromatic N) is 5. The molecule has 2 amide bonds. The van der Waals surface area contributed by atoms with Crippen molar-refractivity contribution in [3.8, 4) is 11.4 Å². The Balaban J connectivity index is 1.38. The predicted octanol–water partition coefficient (Wildman–Crippen LogP) is 2.44. The summed E-state index contributed by atoms with van der Waals surface area (Å²) in [5.41, 5.74) is 5.38. The third-order valence-electron chi connectivity index (χ3n) is 4.52. The number of carbonyl (C=O) groups excluding carboxylic acids is 2. The van der Waals surface area contributed by atoms with E-state index < -0.39 is 16.7 Å². The number of pyridine rings is 1. The summed E-state index contributed by atoms with van der Waals surface area (Å²) in [4.78, 5) is 38.7. The lowest BCUT2D eigenvalue weighted by Gasteiger charge is -2.09. The Morgan fingerprint density at radius 3 is 2.59 bits per heavy atom. The molecule has 34 heavy (non-hydrogen) atoms. The number of hydrogen-bond acceptors (Lipinski definition) is 9. The summed E-state index contributed by atoms with van der Waals surface area (Å²) in [6.07, 6.45) is 4.89. The van der Waals surface area contributed by atoms with Crippen LogP contribution in [0.4, 0.5) is 5.69 Å². The van der Waals surface area contributed by atoms with E-state index in [2.05, 4.69) is 26.0 Å². The summed E-state index contributed by atoms with van der Waals surface area (Å²) in [6, 6.07) is 12.2. The third-order valence-corrected chi connectivity index (χ3v) is 5.49. The molecular formula is C21H17N7O5S. The molecular weight excluding hydrogens is 462 g/mol. The molecule has 0 spiro atoms. The molecule has 0 saturated heterocycles. The molecule has 0 aliphatic heterocycles. The summed E-state index contributed by atoms with van der Waals surface area (Å²) in [7, 11) is 0. The molecule has 12 nitrogen and oxygen atoms in total. The van der Waals surface area contributed by atoms with Gasteiger partial charge in [-0.2, -0.15) is 0 Å². The minimum Gasteiger partial charge on any atom is -0.467 e. The highest BCUT2D eigenvalue weighted by molar-refractivity contribution is 7.99. The number of hydrogen-bond donors (Lipinski definition) is 2. The van der Waals surface area contributed by atoms with Crippen molar-refractivity contribution in [1.29, 1.82) is 0 Å². The molecule has 0 saturated carbocycles. The van der Waals surface area contributed by atoms with Crippen molar-refractivity contribution in [2.45, 2.75) is 11.7 Å². The third kappa shape index (κ3) is 5.45. The van der Waals surface area contributed by atoms with Crippen LogP contribution in [0.2, 0.25) is 0 Å². The SMILES string of the molecule is O=C(CSc1nnc(-c2cccnc2)n1Cc1ccco1)NNC(=O)c1ccc([N+](=O)[O-])cc1. The molecule has 1 aromatic carbocycles. The average Bonchev–Trinajstić information content (AvgIpc) is 3.52. The van der Waals surface area contributed by atoms with E-state index >= 15 is 0 Å². The van der Waals surface area contributed by atoms with E-state index in [1.54, 1.807) is 30.8 Å². The molecule has 0 unspecified atom stereocenters. The summed E-state index contributed by atoms with van der Waals surface area (Å²) in [5.74, 6) is 0.124. The highest BCUT2D eigenvalue weighted by atomic mass is 32.2. The fourth-order valence-electron chi connectivity index (χ4n) is 2.90. The molecule has 0 radical (unpaired) electrons. The van der Waals surface area contributed by atoms with Crippen molar-refractivity contribution < 1.29 is 18.9 Å². The second kappa shape index (κ2) is 10.4. The zero-order valence-corrected chi connectivity index (χ0v) is 18.3. The van der Waals surface area contributed by atoms with Crippen LogP contribution in [0.1, 0.15) is 16.1 Å². The standard InChI is InChI=1S/C21H17N7O5S/c29-18(23-25-20(30)14-5-7-16(8-6-14)28(31)32)13-34-21-26-24-19(15-3-1-9-22-11-15)27(21)12-17-4-2-10-33-17/h1-11H,12-13H2,(H,23,29)(H,25,30). The topological polar surface area (TPSA) is 158 Å². The van der Waals surface area contributed by atoms with Crippen molar-refractivity contribution in [3.05, 3.63) is 88.6 Å². The summed E-state index contributed by atoms with van der Waals surface area (Å²) in [6.45, 7) is 0.352. The molecule has 0 atom stereocenters. The number of aromatic nitrogens is 4. The second-order valence-electron chi connectivity index (χ2n) is 6.81. The Morgan fingerprint density at radius 2 is 1.91 bits per heavy atom. The molecule has 4 rings (SSSR count). The van der Waals surface area contributed by atoms with Gasteiger partial charge in [0.15, 0.2) is 11.0 Å². The number of thioether (sulfide) groups is 1. The number of non-ortho nitro benzene ring substituents is 1. The highest BCUT2D eigenvalue weighted by Gasteiger charge is 2.17. The molecule has 13 heteroatoms. The van der Waals surface area contributed by atoms with E-state index in [1.807, 2.05) is 16.7 Å². The van der Waals surface area contributed by atoms with E-state index in [0.29, 0.717) is 23.3 Å². The van der Waals surface area contributed by atoms with Gasteiger partial charge in [-0.3, -0.25) is 40.1 Å². The predicted molar refractivity (Wildman–Crippen MR) is 120 cm³/mol. The quantitative estimate of drug-likeness (QED) is 0.220. The van der Waals surface area contributed by atoms with Gasteiger partial charge in [-0.05, 0) is 36.4 Å². The number of nitro groups is 1. The van der Waals surface area contributed by atoms with Crippen molar-refractivity contribution in [2.24, 2.45) is 0 Å². The van der Waals surface area contributed by atoms with Gasteiger partial charge in [0.1, 0.15) is 5.76 Å². The van der Waals surface area contributed by atoms with Crippen molar-refractivity contribution in [2.75, 3.05) is 5.75 Å². The Kier molecular flexibility index (Phi) is 6.93. The van der Waals surface area contributed by atoms with E-state index in [1.165, 1.54) is 24.3 Å². The smallest absolute Gasteiger partial charge is 0.269 e. The van der Waals surface area contributed by atoms with Crippen LogP contribution in [0.15, 0.2) is 76.8 Å². The van der Waals surface area contributed by atoms with Crippen LogP contribution in [-0.4, -0.2) is 42.2 Å². The number of hydrazine groups is 1. The van der Waals surface area contributed by atoms with Gasteiger partial charge in [0, 0.05) is 35.7 Å². The van der Waals surface area contributed by atoms with Gasteiger partial charge in [0.25, 0.3) is 11.6 Å². The van der Waals surface area contributed by atoms with Crippen LogP contribution >= 0.6 is 11.8 Å². The van der Waals surface area contributed by atoms with E-state index in [0.717, 1.165) is 17.3 Å². The fraction of sp³-hybridized carbons (Fsp3) is 0.0952. The highest BCUT2D eigenvalue weighted by Crippen LogP contribution is 2.24. The number of furan rings is 1. The Morgan fingerprint density at radius 1 is 1.09 bits per heavy atom. The van der Waals surface area contributed by atoms with Crippen molar-refractivity contribution in [3.63, 3.8) is 0 Å². The van der Waals surface area contributed by atoms with Crippen molar-refractivity contribution in [1.82, 2.24) is 30.6 Å². The van der Waals surface area contributed by atoms with E-state index in [9.17, 15) is 19.7 Å². The first-order chi connectivity index (χ1) is 16.5. The van der Waals surface area contributed by atoms with Crippen LogP contribution in [0, 0.1) is 10.1 Å². The largest absolute Gasteiger partial charge is 0.467 e. The van der Waals surface area contributed by atoms with Crippen LogP contribution in [0.3, 0.4) is 0 Å². The van der Waals surface area contributed by atoms with Crippen molar-refractivity contribution >= 4 is 29.3 Å². The van der Waals surface area contributed by atoms with Crippen LogP contribution < -0.4 is 10.9 Å². The van der Waals surface area contributed by atoms with Gasteiger partial charge in [-0.1, -0.05) is 11.8 Å². The number of carbonyl (C=O) groups is 2. The normalized spacial score (nSPS) is 10.6. The molecule has 0 bridgehead atoms. The number of nitrogens with one attached hydrogen (secondary N) is 2. The first kappa shape index (κ1) is 22.7. The molecule has 4 aromatic rings. The Labute approximate surface area is 196 Å². The summed E-state index contributed by atoms with van der Waals surface area (Å²) < 4.78 is 7.25. The molecule has 172 valence electrons. The van der Waals surface area contributed by atoms with Gasteiger partial charge >= 0.3 is 0 Å². The van der Waals surface area contributed by atoms with Gasteiger partial charge in [0.05, 0.1) is 23.5 Å². The Bertz CT molecular complexity index is 1290. The molecule has 0 fully saturated rings. The van der Waals surface area contributed by atoms with Gasteiger partial charge < -0.3 is 4.42 Å². The molecule has 0 aliphatic carbocycles. The molecule has 0 aliphatic rings. The monoisotopic (exact) mass is 479 g/mol. The first-order valence-electron chi connectivity index (χ1n) is 9.83. The number of rotatable bonds is 8. The summed E-state index contributed by atoms with van der Waals surface area (Å²) in [5, 5.41) is 19.6. The minimum absolute atomic E-state index is 0.0517. The maximum Gasteiger partial charge on any atom is 0.269 e. The lowest BCUT2D eigenvalue weighted by molar-refractivity contribution is -0.384. The van der Waals surface area contributed by atoms with E-state index in [-0.39, 0.29) is 17.0 Å². The van der Waals surface area contributed by atoms with E-state index in [4.69, 9.17) is 4.42 Å².